The molecule has 3 rings (SSSR count). The summed E-state index contributed by atoms with van der Waals surface area (Å²) in [5, 5.41) is 2.70. The van der Waals surface area contributed by atoms with E-state index < -0.39 is 11.7 Å². The smallest absolute Gasteiger partial charge is 0.258 e. The van der Waals surface area contributed by atoms with Crippen LogP contribution in [0.2, 0.25) is 0 Å². The van der Waals surface area contributed by atoms with E-state index in [2.05, 4.69) is 5.32 Å². The van der Waals surface area contributed by atoms with Crippen LogP contribution >= 0.6 is 0 Å². The Hall–Kier alpha value is -2.89. The summed E-state index contributed by atoms with van der Waals surface area (Å²) < 4.78 is 18.6. The van der Waals surface area contributed by atoms with Crippen molar-refractivity contribution in [1.29, 1.82) is 0 Å². The molecule has 0 saturated heterocycles. The first-order valence-electron chi connectivity index (χ1n) is 6.64. The minimum Gasteiger partial charge on any atom is -0.494 e. The van der Waals surface area contributed by atoms with Gasteiger partial charge in [-0.25, -0.2) is 4.39 Å². The van der Waals surface area contributed by atoms with Crippen molar-refractivity contribution in [3.8, 4) is 5.75 Å². The van der Waals surface area contributed by atoms with Crippen LogP contribution in [0.1, 0.15) is 10.4 Å². The normalized spacial score (nSPS) is 13.4. The average molecular weight is 300 g/mol. The fourth-order valence-corrected chi connectivity index (χ4v) is 2.37. The highest BCUT2D eigenvalue weighted by Gasteiger charge is 2.27. The highest BCUT2D eigenvalue weighted by atomic mass is 19.1. The van der Waals surface area contributed by atoms with Crippen LogP contribution in [-0.2, 0) is 4.79 Å². The second-order valence-corrected chi connectivity index (χ2v) is 4.81. The number of amides is 2. The van der Waals surface area contributed by atoms with Gasteiger partial charge in [-0.2, -0.15) is 0 Å². The lowest BCUT2D eigenvalue weighted by atomic mass is 10.1. The zero-order valence-corrected chi connectivity index (χ0v) is 11.8. The summed E-state index contributed by atoms with van der Waals surface area (Å²) in [6, 6.07) is 10.9. The lowest BCUT2D eigenvalue weighted by molar-refractivity contribution is -0.115. The third-order valence-corrected chi connectivity index (χ3v) is 3.41. The molecule has 0 fully saturated rings. The van der Waals surface area contributed by atoms with E-state index in [9.17, 15) is 14.0 Å². The first-order chi connectivity index (χ1) is 10.6. The number of hydrogen-bond donors (Lipinski definition) is 1. The molecule has 1 N–H and O–H groups in total. The number of carbonyl (C=O) groups excluding carboxylic acids is 2. The van der Waals surface area contributed by atoms with Gasteiger partial charge in [-0.15, -0.1) is 0 Å². The number of carbonyl (C=O) groups is 2. The Morgan fingerprint density at radius 3 is 2.77 bits per heavy atom. The molecular weight excluding hydrogens is 287 g/mol. The van der Waals surface area contributed by atoms with Gasteiger partial charge < -0.3 is 10.1 Å². The number of methoxy groups -OCH3 is 1. The number of hydrogen-bond acceptors (Lipinski definition) is 3. The summed E-state index contributed by atoms with van der Waals surface area (Å²) >= 11 is 0. The van der Waals surface area contributed by atoms with Crippen LogP contribution in [0.3, 0.4) is 0 Å². The summed E-state index contributed by atoms with van der Waals surface area (Å²) in [6.07, 6.45) is 0. The van der Waals surface area contributed by atoms with Crippen molar-refractivity contribution in [1.82, 2.24) is 0 Å². The summed E-state index contributed by atoms with van der Waals surface area (Å²) in [4.78, 5) is 25.7. The highest BCUT2D eigenvalue weighted by molar-refractivity contribution is 6.15. The maximum atomic E-state index is 13.8. The van der Waals surface area contributed by atoms with Gasteiger partial charge >= 0.3 is 0 Å². The number of rotatable bonds is 2. The number of ether oxygens (including phenoxy) is 1. The number of halogens is 1. The van der Waals surface area contributed by atoms with Crippen molar-refractivity contribution in [3.63, 3.8) is 0 Å². The van der Waals surface area contributed by atoms with Crippen LogP contribution in [0, 0.1) is 5.82 Å². The molecule has 2 aromatic rings. The van der Waals surface area contributed by atoms with E-state index in [0.717, 1.165) is 6.07 Å². The van der Waals surface area contributed by atoms with E-state index in [4.69, 9.17) is 4.74 Å². The Bertz CT molecular complexity index is 761. The van der Waals surface area contributed by atoms with Crippen LogP contribution in [0.5, 0.6) is 5.75 Å². The quantitative estimate of drug-likeness (QED) is 0.926. The molecule has 2 amide bonds. The Labute approximate surface area is 126 Å². The third-order valence-electron chi connectivity index (χ3n) is 3.41. The molecule has 1 aliphatic rings. The molecule has 112 valence electrons. The SMILES string of the molecule is COc1ccc(C(=O)N2CC(=O)Nc3ccccc32)cc1F. The van der Waals surface area contributed by atoms with Gasteiger partial charge in [0.15, 0.2) is 11.6 Å². The Balaban J connectivity index is 1.99. The molecule has 1 heterocycles. The van der Waals surface area contributed by atoms with Crippen molar-refractivity contribution < 1.29 is 18.7 Å². The molecule has 0 bridgehead atoms. The monoisotopic (exact) mass is 300 g/mol. The van der Waals surface area contributed by atoms with Crippen molar-refractivity contribution >= 4 is 23.2 Å². The Morgan fingerprint density at radius 2 is 2.05 bits per heavy atom. The Kier molecular flexibility index (Phi) is 3.50. The predicted molar refractivity (Wildman–Crippen MR) is 79.7 cm³/mol. The Morgan fingerprint density at radius 1 is 1.27 bits per heavy atom. The zero-order valence-electron chi connectivity index (χ0n) is 11.8. The maximum absolute atomic E-state index is 13.8. The van der Waals surface area contributed by atoms with Crippen molar-refractivity contribution in [3.05, 3.63) is 53.8 Å². The molecule has 0 saturated carbocycles. The van der Waals surface area contributed by atoms with Gasteiger partial charge in [0.05, 0.1) is 18.5 Å². The lowest BCUT2D eigenvalue weighted by Gasteiger charge is -2.29. The molecule has 0 unspecified atom stereocenters. The van der Waals surface area contributed by atoms with Gasteiger partial charge in [-0.3, -0.25) is 14.5 Å². The topological polar surface area (TPSA) is 58.6 Å². The van der Waals surface area contributed by atoms with E-state index in [1.54, 1.807) is 24.3 Å². The van der Waals surface area contributed by atoms with Gasteiger partial charge in [-0.1, -0.05) is 12.1 Å². The predicted octanol–water partition coefficient (Wildman–Crippen LogP) is 2.43. The molecule has 0 spiro atoms. The van der Waals surface area contributed by atoms with E-state index in [1.165, 1.54) is 24.1 Å². The number of nitrogens with zero attached hydrogens (tertiary/aromatic N) is 1. The molecule has 0 aromatic heterocycles. The van der Waals surface area contributed by atoms with Gasteiger partial charge in [0.2, 0.25) is 5.91 Å². The van der Waals surface area contributed by atoms with Crippen LogP contribution in [0.15, 0.2) is 42.5 Å². The molecule has 0 radical (unpaired) electrons. The second kappa shape index (κ2) is 5.48. The first kappa shape index (κ1) is 14.1. The first-order valence-corrected chi connectivity index (χ1v) is 6.64. The number of anilines is 2. The minimum atomic E-state index is -0.622. The van der Waals surface area contributed by atoms with Gasteiger partial charge in [-0.05, 0) is 30.3 Å². The van der Waals surface area contributed by atoms with Gasteiger partial charge in [0.1, 0.15) is 6.54 Å². The second-order valence-electron chi connectivity index (χ2n) is 4.81. The molecular formula is C16H13FN2O3. The number of benzene rings is 2. The number of fused-ring (bicyclic) bond motifs is 1. The van der Waals surface area contributed by atoms with Crippen LogP contribution < -0.4 is 15.0 Å². The molecule has 0 atom stereocenters. The summed E-state index contributed by atoms with van der Waals surface area (Å²) in [5.41, 5.74) is 1.30. The lowest BCUT2D eigenvalue weighted by Crippen LogP contribution is -2.42. The maximum Gasteiger partial charge on any atom is 0.258 e. The molecule has 1 aliphatic heterocycles. The van der Waals surface area contributed by atoms with Gasteiger partial charge in [0.25, 0.3) is 5.91 Å². The zero-order chi connectivity index (χ0) is 15.7. The number of nitrogens with one attached hydrogen (secondary N) is 1. The molecule has 6 heteroatoms. The summed E-state index contributed by atoms with van der Waals surface area (Å²) in [6.45, 7) is -0.108. The molecule has 0 aliphatic carbocycles. The molecule has 22 heavy (non-hydrogen) atoms. The van der Waals surface area contributed by atoms with E-state index in [0.29, 0.717) is 11.4 Å². The molecule has 5 nitrogen and oxygen atoms in total. The third kappa shape index (κ3) is 2.39. The van der Waals surface area contributed by atoms with E-state index in [-0.39, 0.29) is 23.8 Å². The standard InChI is InChI=1S/C16H13FN2O3/c1-22-14-7-6-10(8-11(14)17)16(21)19-9-15(20)18-12-4-2-3-5-13(12)19/h2-8H,9H2,1H3,(H,18,20). The van der Waals surface area contributed by atoms with Crippen LogP contribution in [-0.4, -0.2) is 25.5 Å². The van der Waals surface area contributed by atoms with Crippen molar-refractivity contribution in [2.75, 3.05) is 23.9 Å². The average Bonchev–Trinajstić information content (AvgIpc) is 2.53. The molecule has 2 aromatic carbocycles. The van der Waals surface area contributed by atoms with Crippen molar-refractivity contribution in [2.45, 2.75) is 0 Å². The minimum absolute atomic E-state index is 0.0633. The van der Waals surface area contributed by atoms with Gasteiger partial charge in [0, 0.05) is 5.56 Å². The van der Waals surface area contributed by atoms with Crippen molar-refractivity contribution in [2.24, 2.45) is 0 Å². The summed E-state index contributed by atoms with van der Waals surface area (Å²) in [7, 11) is 1.35. The van der Waals surface area contributed by atoms with E-state index >= 15 is 0 Å². The fraction of sp³-hybridized carbons (Fsp3) is 0.125. The van der Waals surface area contributed by atoms with E-state index in [1.807, 2.05) is 0 Å². The largest absolute Gasteiger partial charge is 0.494 e. The number of para-hydroxylation sites is 2. The van der Waals surface area contributed by atoms with Crippen LogP contribution in [0.25, 0.3) is 0 Å². The fourth-order valence-electron chi connectivity index (χ4n) is 2.37. The van der Waals surface area contributed by atoms with Crippen LogP contribution in [0.4, 0.5) is 15.8 Å². The summed E-state index contributed by atoms with van der Waals surface area (Å²) in [5.74, 6) is -1.29. The highest BCUT2D eigenvalue weighted by Crippen LogP contribution is 2.30.